The van der Waals surface area contributed by atoms with Gasteiger partial charge in [0.05, 0.1) is 0 Å². The van der Waals surface area contributed by atoms with Crippen LogP contribution in [0.1, 0.15) is 6.92 Å². The Bertz CT molecular complexity index is 476. The number of nitrogens with two attached hydrogens (primary N) is 1. The Kier molecular flexibility index (Phi) is 3.95. The van der Waals surface area contributed by atoms with Gasteiger partial charge in [0.1, 0.15) is 16.5 Å². The molecule has 0 aromatic heterocycles. The fraction of sp³-hybridized carbons (Fsp3) is 0.333. The molecule has 0 heterocycles. The number of benzene rings is 1. The van der Waals surface area contributed by atoms with Crippen molar-refractivity contribution in [3.8, 4) is 0 Å². The Labute approximate surface area is 92.5 Å². The Morgan fingerprint density at radius 2 is 2.06 bits per heavy atom. The van der Waals surface area contributed by atoms with Gasteiger partial charge < -0.3 is 5.73 Å². The van der Waals surface area contributed by atoms with Gasteiger partial charge in [0.2, 0.25) is 10.0 Å². The zero-order valence-corrected chi connectivity index (χ0v) is 9.39. The van der Waals surface area contributed by atoms with Crippen molar-refractivity contribution in [2.75, 3.05) is 6.54 Å². The van der Waals surface area contributed by atoms with Gasteiger partial charge in [0.15, 0.2) is 0 Å². The zero-order chi connectivity index (χ0) is 12.3. The van der Waals surface area contributed by atoms with E-state index in [4.69, 9.17) is 5.73 Å². The summed E-state index contributed by atoms with van der Waals surface area (Å²) < 4.78 is 51.2. The van der Waals surface area contributed by atoms with Crippen molar-refractivity contribution in [3.05, 3.63) is 29.8 Å². The molecule has 7 heteroatoms. The molecule has 4 nitrogen and oxygen atoms in total. The lowest BCUT2D eigenvalue weighted by atomic mass is 10.3. The van der Waals surface area contributed by atoms with E-state index in [-0.39, 0.29) is 6.54 Å². The molecule has 3 N–H and O–H groups in total. The number of hydrogen-bond donors (Lipinski definition) is 2. The van der Waals surface area contributed by atoms with Gasteiger partial charge in [-0.3, -0.25) is 0 Å². The lowest BCUT2D eigenvalue weighted by Crippen LogP contribution is -2.38. The van der Waals surface area contributed by atoms with Crippen molar-refractivity contribution in [1.82, 2.24) is 4.72 Å². The fourth-order valence-electron chi connectivity index (χ4n) is 1.07. The molecular weight excluding hydrogens is 238 g/mol. The number of halogens is 2. The largest absolute Gasteiger partial charge is 0.329 e. The Balaban J connectivity index is 3.08. The quantitative estimate of drug-likeness (QED) is 0.821. The van der Waals surface area contributed by atoms with Crippen LogP contribution in [-0.2, 0) is 10.0 Å². The van der Waals surface area contributed by atoms with E-state index in [2.05, 4.69) is 4.72 Å². The topological polar surface area (TPSA) is 72.2 Å². The van der Waals surface area contributed by atoms with Crippen molar-refractivity contribution >= 4 is 10.0 Å². The first kappa shape index (κ1) is 13.0. The summed E-state index contributed by atoms with van der Waals surface area (Å²) in [7, 11) is -3.99. The summed E-state index contributed by atoms with van der Waals surface area (Å²) in [5, 5.41) is 0. The predicted octanol–water partition coefficient (Wildman–Crippen LogP) is 0.590. The monoisotopic (exact) mass is 250 g/mol. The van der Waals surface area contributed by atoms with Gasteiger partial charge in [-0.1, -0.05) is 0 Å². The van der Waals surface area contributed by atoms with Crippen LogP contribution in [0.3, 0.4) is 0 Å². The van der Waals surface area contributed by atoms with Crippen LogP contribution in [-0.4, -0.2) is 21.0 Å². The van der Waals surface area contributed by atoms with Gasteiger partial charge in [-0.2, -0.15) is 0 Å². The van der Waals surface area contributed by atoms with E-state index in [0.29, 0.717) is 6.07 Å². The predicted molar refractivity (Wildman–Crippen MR) is 55.2 cm³/mol. The molecule has 0 amide bonds. The minimum absolute atomic E-state index is 0.0854. The maximum atomic E-state index is 13.2. The van der Waals surface area contributed by atoms with Gasteiger partial charge >= 0.3 is 0 Å². The highest BCUT2D eigenvalue weighted by Crippen LogP contribution is 2.15. The third-order valence-corrected chi connectivity index (χ3v) is 3.52. The van der Waals surface area contributed by atoms with E-state index in [9.17, 15) is 17.2 Å². The van der Waals surface area contributed by atoms with Crippen LogP contribution >= 0.6 is 0 Å². The van der Waals surface area contributed by atoms with Crippen molar-refractivity contribution in [3.63, 3.8) is 0 Å². The Hall–Kier alpha value is -1.05. The SMILES string of the molecule is C[C@@H](CN)NS(=O)(=O)c1ccc(F)cc1F. The van der Waals surface area contributed by atoms with Crippen LogP contribution in [0.4, 0.5) is 8.78 Å². The summed E-state index contributed by atoms with van der Waals surface area (Å²) in [6.45, 7) is 1.63. The van der Waals surface area contributed by atoms with Crippen LogP contribution in [0.15, 0.2) is 23.1 Å². The maximum Gasteiger partial charge on any atom is 0.243 e. The van der Waals surface area contributed by atoms with E-state index in [1.807, 2.05) is 0 Å². The van der Waals surface area contributed by atoms with Crippen molar-refractivity contribution in [1.29, 1.82) is 0 Å². The first-order chi connectivity index (χ1) is 7.36. The molecule has 1 aromatic rings. The molecule has 0 unspecified atom stereocenters. The molecule has 0 saturated heterocycles. The highest BCUT2D eigenvalue weighted by Gasteiger charge is 2.20. The van der Waals surface area contributed by atoms with Gasteiger partial charge in [0.25, 0.3) is 0 Å². The maximum absolute atomic E-state index is 13.2. The Morgan fingerprint density at radius 1 is 1.44 bits per heavy atom. The van der Waals surface area contributed by atoms with Crippen LogP contribution in [0, 0.1) is 11.6 Å². The van der Waals surface area contributed by atoms with E-state index in [1.165, 1.54) is 0 Å². The molecule has 1 aromatic carbocycles. The molecule has 90 valence electrons. The lowest BCUT2D eigenvalue weighted by Gasteiger charge is -2.12. The minimum Gasteiger partial charge on any atom is -0.329 e. The average molecular weight is 250 g/mol. The summed E-state index contributed by atoms with van der Waals surface area (Å²) in [5.41, 5.74) is 5.24. The minimum atomic E-state index is -3.99. The number of hydrogen-bond acceptors (Lipinski definition) is 3. The fourth-order valence-corrected chi connectivity index (χ4v) is 2.39. The molecule has 0 radical (unpaired) electrons. The van der Waals surface area contributed by atoms with Crippen LogP contribution < -0.4 is 10.5 Å². The summed E-state index contributed by atoms with van der Waals surface area (Å²) in [4.78, 5) is -0.589. The Morgan fingerprint density at radius 3 is 2.56 bits per heavy atom. The third-order valence-electron chi connectivity index (χ3n) is 1.89. The second kappa shape index (κ2) is 4.86. The third kappa shape index (κ3) is 2.97. The van der Waals surface area contributed by atoms with Crippen LogP contribution in [0.5, 0.6) is 0 Å². The first-order valence-corrected chi connectivity index (χ1v) is 6.02. The molecule has 0 aliphatic rings. The molecule has 0 fully saturated rings. The van der Waals surface area contributed by atoms with Crippen molar-refractivity contribution < 1.29 is 17.2 Å². The molecule has 1 atom stereocenters. The van der Waals surface area contributed by atoms with E-state index in [1.54, 1.807) is 6.92 Å². The second-order valence-corrected chi connectivity index (χ2v) is 5.02. The molecule has 0 saturated carbocycles. The lowest BCUT2D eigenvalue weighted by molar-refractivity contribution is 0.535. The van der Waals surface area contributed by atoms with E-state index < -0.39 is 32.6 Å². The molecule has 0 aliphatic heterocycles. The molecule has 0 spiro atoms. The van der Waals surface area contributed by atoms with Crippen molar-refractivity contribution in [2.45, 2.75) is 17.9 Å². The average Bonchev–Trinajstić information content (AvgIpc) is 2.16. The van der Waals surface area contributed by atoms with E-state index in [0.717, 1.165) is 12.1 Å². The highest BCUT2D eigenvalue weighted by molar-refractivity contribution is 7.89. The smallest absolute Gasteiger partial charge is 0.243 e. The summed E-state index contributed by atoms with van der Waals surface area (Å²) in [6, 6.07) is 1.75. The number of rotatable bonds is 4. The zero-order valence-electron chi connectivity index (χ0n) is 8.57. The molecule has 0 aliphatic carbocycles. The number of sulfonamides is 1. The molecular formula is C9H12F2N2O2S. The normalized spacial score (nSPS) is 13.8. The van der Waals surface area contributed by atoms with Gasteiger partial charge in [-0.25, -0.2) is 21.9 Å². The van der Waals surface area contributed by atoms with Gasteiger partial charge in [-0.15, -0.1) is 0 Å². The molecule has 0 bridgehead atoms. The number of nitrogens with one attached hydrogen (secondary N) is 1. The standard InChI is InChI=1S/C9H12F2N2O2S/c1-6(5-12)13-16(14,15)9-3-2-7(10)4-8(9)11/h2-4,6,13H,5,12H2,1H3/t6-/m0/s1. The van der Waals surface area contributed by atoms with Gasteiger partial charge in [-0.05, 0) is 19.1 Å². The summed E-state index contributed by atoms with van der Waals surface area (Å²) in [5.74, 6) is -1.96. The second-order valence-electron chi connectivity index (χ2n) is 3.33. The molecule has 16 heavy (non-hydrogen) atoms. The van der Waals surface area contributed by atoms with Crippen LogP contribution in [0.25, 0.3) is 0 Å². The highest BCUT2D eigenvalue weighted by atomic mass is 32.2. The summed E-state index contributed by atoms with van der Waals surface area (Å²) in [6.07, 6.45) is 0. The molecule has 1 rings (SSSR count). The van der Waals surface area contributed by atoms with Crippen molar-refractivity contribution in [2.24, 2.45) is 5.73 Å². The first-order valence-electron chi connectivity index (χ1n) is 4.54. The van der Waals surface area contributed by atoms with E-state index >= 15 is 0 Å². The van der Waals surface area contributed by atoms with Crippen LogP contribution in [0.2, 0.25) is 0 Å². The van der Waals surface area contributed by atoms with Gasteiger partial charge in [0, 0.05) is 18.7 Å². The summed E-state index contributed by atoms with van der Waals surface area (Å²) >= 11 is 0.